The largest absolute Gasteiger partial charge is 0.256 e. The highest BCUT2D eigenvalue weighted by Gasteiger charge is 2.23. The summed E-state index contributed by atoms with van der Waals surface area (Å²) < 4.78 is 14.0. The number of hydrogen-bond acceptors (Lipinski definition) is 2. The summed E-state index contributed by atoms with van der Waals surface area (Å²) in [7, 11) is 0. The Morgan fingerprint density at radius 2 is 2.12 bits per heavy atom. The molecule has 0 spiro atoms. The van der Waals surface area contributed by atoms with Crippen molar-refractivity contribution in [3.63, 3.8) is 0 Å². The smallest absolute Gasteiger partial charge is 0.127 e. The van der Waals surface area contributed by atoms with Crippen molar-refractivity contribution in [2.75, 3.05) is 0 Å². The minimum atomic E-state index is -0.947. The van der Waals surface area contributed by atoms with E-state index in [0.29, 0.717) is 17.5 Å². The minimum Gasteiger partial charge on any atom is -0.256 e. The van der Waals surface area contributed by atoms with Crippen molar-refractivity contribution >= 4 is 0 Å². The van der Waals surface area contributed by atoms with Crippen molar-refractivity contribution < 1.29 is 4.39 Å². The van der Waals surface area contributed by atoms with E-state index >= 15 is 0 Å². The zero-order valence-corrected chi connectivity index (χ0v) is 9.68. The van der Waals surface area contributed by atoms with E-state index in [1.165, 1.54) is 0 Å². The fourth-order valence-electron chi connectivity index (χ4n) is 2.47. The maximum absolute atomic E-state index is 14.0. The van der Waals surface area contributed by atoms with Gasteiger partial charge in [-0.3, -0.25) is 4.98 Å². The monoisotopic (exact) mass is 218 g/mol. The third-order valence-electron chi connectivity index (χ3n) is 3.30. The Labute approximate surface area is 95.1 Å². The van der Waals surface area contributed by atoms with Gasteiger partial charge in [0.1, 0.15) is 12.2 Å². The van der Waals surface area contributed by atoms with E-state index in [-0.39, 0.29) is 0 Å². The molecule has 0 aliphatic heterocycles. The standard InChI is InChI=1S/C13H15FN2/c1-8-10(7-15)9(2)16-12-6-4-3-5-11(14)13(8)12/h11H,3-6H2,1-2H3. The molecule has 0 fully saturated rings. The molecule has 1 heterocycles. The first-order valence-electron chi connectivity index (χ1n) is 5.69. The first kappa shape index (κ1) is 11.1. The summed E-state index contributed by atoms with van der Waals surface area (Å²) in [5.41, 5.74) is 3.61. The summed E-state index contributed by atoms with van der Waals surface area (Å²) in [5, 5.41) is 9.04. The summed E-state index contributed by atoms with van der Waals surface area (Å²) >= 11 is 0. The van der Waals surface area contributed by atoms with Crippen LogP contribution < -0.4 is 0 Å². The van der Waals surface area contributed by atoms with Gasteiger partial charge in [-0.15, -0.1) is 0 Å². The molecule has 0 bridgehead atoms. The second-order valence-electron chi connectivity index (χ2n) is 4.38. The highest BCUT2D eigenvalue weighted by molar-refractivity contribution is 5.47. The van der Waals surface area contributed by atoms with Crippen LogP contribution in [0.5, 0.6) is 0 Å². The van der Waals surface area contributed by atoms with E-state index in [1.54, 1.807) is 0 Å². The van der Waals surface area contributed by atoms with Crippen LogP contribution in [-0.4, -0.2) is 4.98 Å². The average Bonchev–Trinajstić information content (AvgIpc) is 2.41. The third kappa shape index (κ3) is 1.69. The van der Waals surface area contributed by atoms with Crippen LogP contribution >= 0.6 is 0 Å². The molecule has 1 aromatic heterocycles. The predicted octanol–water partition coefficient (Wildman–Crippen LogP) is 3.31. The lowest BCUT2D eigenvalue weighted by molar-refractivity contribution is 0.319. The molecule has 84 valence electrons. The van der Waals surface area contributed by atoms with Gasteiger partial charge in [0.05, 0.1) is 11.3 Å². The Bertz CT molecular complexity index is 460. The zero-order chi connectivity index (χ0) is 11.7. The van der Waals surface area contributed by atoms with E-state index in [2.05, 4.69) is 11.1 Å². The van der Waals surface area contributed by atoms with Crippen LogP contribution in [0.3, 0.4) is 0 Å². The second-order valence-corrected chi connectivity index (χ2v) is 4.38. The number of halogens is 1. The van der Waals surface area contributed by atoms with Gasteiger partial charge in [-0.2, -0.15) is 5.26 Å². The second kappa shape index (κ2) is 4.21. The van der Waals surface area contributed by atoms with Gasteiger partial charge in [-0.25, -0.2) is 4.39 Å². The Morgan fingerprint density at radius 1 is 1.38 bits per heavy atom. The summed E-state index contributed by atoms with van der Waals surface area (Å²) in [6.45, 7) is 3.66. The molecule has 1 aliphatic rings. The average molecular weight is 218 g/mol. The quantitative estimate of drug-likeness (QED) is 0.626. The maximum atomic E-state index is 14.0. The maximum Gasteiger partial charge on any atom is 0.127 e. The predicted molar refractivity (Wildman–Crippen MR) is 59.8 cm³/mol. The third-order valence-corrected chi connectivity index (χ3v) is 3.30. The molecule has 16 heavy (non-hydrogen) atoms. The van der Waals surface area contributed by atoms with Crippen LogP contribution in [0.1, 0.15) is 53.5 Å². The molecular weight excluding hydrogens is 203 g/mol. The molecule has 0 saturated heterocycles. The van der Waals surface area contributed by atoms with E-state index in [9.17, 15) is 4.39 Å². The highest BCUT2D eigenvalue weighted by Crippen LogP contribution is 2.34. The van der Waals surface area contributed by atoms with Crippen LogP contribution in [0.25, 0.3) is 0 Å². The van der Waals surface area contributed by atoms with Crippen molar-refractivity contribution in [1.82, 2.24) is 4.98 Å². The van der Waals surface area contributed by atoms with Gasteiger partial charge in [0.15, 0.2) is 0 Å². The molecular formula is C13H15FN2. The molecule has 1 atom stereocenters. The number of alkyl halides is 1. The van der Waals surface area contributed by atoms with Crippen molar-refractivity contribution in [2.24, 2.45) is 0 Å². The highest BCUT2D eigenvalue weighted by atomic mass is 19.1. The molecule has 2 rings (SSSR count). The molecule has 0 radical (unpaired) electrons. The van der Waals surface area contributed by atoms with Crippen LogP contribution in [0.2, 0.25) is 0 Å². The summed E-state index contributed by atoms with van der Waals surface area (Å²) in [5.74, 6) is 0. The Balaban J connectivity index is 2.66. The Hall–Kier alpha value is -1.43. The van der Waals surface area contributed by atoms with Gasteiger partial charge in [0.25, 0.3) is 0 Å². The molecule has 2 nitrogen and oxygen atoms in total. The molecule has 1 aliphatic carbocycles. The molecule has 0 N–H and O–H groups in total. The van der Waals surface area contributed by atoms with E-state index in [0.717, 1.165) is 36.2 Å². The van der Waals surface area contributed by atoms with Crippen LogP contribution in [0.4, 0.5) is 4.39 Å². The fraction of sp³-hybridized carbons (Fsp3) is 0.538. The molecule has 0 amide bonds. The van der Waals surface area contributed by atoms with Crippen LogP contribution in [0.15, 0.2) is 0 Å². The van der Waals surface area contributed by atoms with Gasteiger partial charge in [0, 0.05) is 11.3 Å². The number of fused-ring (bicyclic) bond motifs is 1. The number of hydrogen-bond donors (Lipinski definition) is 0. The Kier molecular flexibility index (Phi) is 2.91. The van der Waals surface area contributed by atoms with Crippen molar-refractivity contribution in [2.45, 2.75) is 45.7 Å². The summed E-state index contributed by atoms with van der Waals surface area (Å²) in [6.07, 6.45) is 2.34. The minimum absolute atomic E-state index is 0.545. The fourth-order valence-corrected chi connectivity index (χ4v) is 2.47. The summed E-state index contributed by atoms with van der Waals surface area (Å²) in [6, 6.07) is 2.13. The van der Waals surface area contributed by atoms with E-state index in [4.69, 9.17) is 5.26 Å². The lowest BCUT2D eigenvalue weighted by atomic mass is 9.96. The molecule has 0 aromatic carbocycles. The normalized spacial score (nSPS) is 19.8. The number of aromatic nitrogens is 1. The summed E-state index contributed by atoms with van der Waals surface area (Å²) in [4.78, 5) is 4.39. The molecule has 1 aromatic rings. The number of nitriles is 1. The van der Waals surface area contributed by atoms with Gasteiger partial charge in [0.2, 0.25) is 0 Å². The van der Waals surface area contributed by atoms with E-state index < -0.39 is 6.17 Å². The topological polar surface area (TPSA) is 36.7 Å². The van der Waals surface area contributed by atoms with Crippen LogP contribution in [-0.2, 0) is 6.42 Å². The number of pyridine rings is 1. The number of nitrogens with zero attached hydrogens (tertiary/aromatic N) is 2. The van der Waals surface area contributed by atoms with Gasteiger partial charge in [-0.05, 0) is 45.1 Å². The zero-order valence-electron chi connectivity index (χ0n) is 9.68. The lowest BCUT2D eigenvalue weighted by Crippen LogP contribution is -2.06. The van der Waals surface area contributed by atoms with Crippen molar-refractivity contribution in [1.29, 1.82) is 5.26 Å². The Morgan fingerprint density at radius 3 is 2.81 bits per heavy atom. The number of rotatable bonds is 0. The van der Waals surface area contributed by atoms with Gasteiger partial charge in [-0.1, -0.05) is 0 Å². The van der Waals surface area contributed by atoms with Crippen molar-refractivity contribution in [3.8, 4) is 6.07 Å². The van der Waals surface area contributed by atoms with Crippen molar-refractivity contribution in [3.05, 3.63) is 28.1 Å². The molecule has 3 heteroatoms. The van der Waals surface area contributed by atoms with Gasteiger partial charge < -0.3 is 0 Å². The lowest BCUT2D eigenvalue weighted by Gasteiger charge is -2.15. The molecule has 0 saturated carbocycles. The van der Waals surface area contributed by atoms with E-state index in [1.807, 2.05) is 13.8 Å². The SMILES string of the molecule is Cc1nc2c(c(C)c1C#N)C(F)CCCC2. The molecule has 1 unspecified atom stereocenters. The number of aryl methyl sites for hydroxylation is 2. The first-order chi connectivity index (χ1) is 7.65. The first-order valence-corrected chi connectivity index (χ1v) is 5.69. The van der Waals surface area contributed by atoms with Gasteiger partial charge >= 0.3 is 0 Å². The van der Waals surface area contributed by atoms with Crippen LogP contribution in [0, 0.1) is 25.2 Å².